The number of nitriles is 1. The molecule has 0 amide bonds. The summed E-state index contributed by atoms with van der Waals surface area (Å²) >= 11 is 5.97. The van der Waals surface area contributed by atoms with E-state index in [4.69, 9.17) is 16.9 Å². The number of nitrogens with zero attached hydrogens (tertiary/aromatic N) is 1. The molecule has 0 bridgehead atoms. The van der Waals surface area contributed by atoms with Crippen LogP contribution in [0, 0.1) is 16.7 Å². The number of benzene rings is 1. The van der Waals surface area contributed by atoms with E-state index in [0.29, 0.717) is 11.3 Å². The first-order valence-corrected chi connectivity index (χ1v) is 7.59. The minimum atomic E-state index is -0.561. The summed E-state index contributed by atoms with van der Waals surface area (Å²) in [6.07, 6.45) is 0. The molecule has 23 heavy (non-hydrogen) atoms. The van der Waals surface area contributed by atoms with Gasteiger partial charge in [0.1, 0.15) is 17.4 Å². The summed E-state index contributed by atoms with van der Waals surface area (Å²) in [5, 5.41) is 15.2. The van der Waals surface area contributed by atoms with Crippen LogP contribution in [0.4, 0.5) is 17.1 Å². The molecule has 0 radical (unpaired) electrons. The third-order valence-electron chi connectivity index (χ3n) is 3.93. The summed E-state index contributed by atoms with van der Waals surface area (Å²) in [5.74, 6) is 0. The van der Waals surface area contributed by atoms with Crippen molar-refractivity contribution in [2.45, 2.75) is 33.7 Å². The van der Waals surface area contributed by atoms with Gasteiger partial charge in [0.05, 0.1) is 10.6 Å². The summed E-state index contributed by atoms with van der Waals surface area (Å²) < 4.78 is 0. The molecule has 0 saturated carbocycles. The largest absolute Gasteiger partial charge is 0.377 e. The average Bonchev–Trinajstić information content (AvgIpc) is 2.49. The molecule has 2 rings (SSSR count). The molecule has 5 nitrogen and oxygen atoms in total. The van der Waals surface area contributed by atoms with Crippen molar-refractivity contribution >= 4 is 28.7 Å². The smallest absolute Gasteiger partial charge is 0.253 e. The Morgan fingerprint density at radius 2 is 1.78 bits per heavy atom. The van der Waals surface area contributed by atoms with E-state index in [2.05, 4.69) is 10.6 Å². The van der Waals surface area contributed by atoms with Crippen molar-refractivity contribution in [3.05, 3.63) is 49.2 Å². The van der Waals surface area contributed by atoms with Crippen molar-refractivity contribution in [2.24, 2.45) is 5.41 Å². The highest BCUT2D eigenvalue weighted by molar-refractivity contribution is 6.32. The van der Waals surface area contributed by atoms with Gasteiger partial charge in [-0.1, -0.05) is 32.4 Å². The second kappa shape index (κ2) is 6.05. The normalized spacial score (nSPS) is 12.7. The van der Waals surface area contributed by atoms with Crippen LogP contribution in [0.3, 0.4) is 0 Å². The van der Waals surface area contributed by atoms with Crippen molar-refractivity contribution in [3.8, 4) is 6.07 Å². The first-order valence-electron chi connectivity index (χ1n) is 7.21. The molecule has 0 spiro atoms. The van der Waals surface area contributed by atoms with E-state index >= 15 is 0 Å². The second-order valence-corrected chi connectivity index (χ2v) is 6.98. The zero-order valence-corrected chi connectivity index (χ0v) is 14.2. The lowest BCUT2D eigenvalue weighted by molar-refractivity contribution is 0.359. The van der Waals surface area contributed by atoms with Crippen molar-refractivity contribution in [1.82, 2.24) is 0 Å². The molecule has 1 atom stereocenters. The minimum absolute atomic E-state index is 0.0101. The van der Waals surface area contributed by atoms with E-state index in [-0.39, 0.29) is 27.9 Å². The van der Waals surface area contributed by atoms with Gasteiger partial charge in [-0.2, -0.15) is 5.26 Å². The highest BCUT2D eigenvalue weighted by atomic mass is 35.5. The topological polar surface area (TPSA) is 82.0 Å². The fourth-order valence-corrected chi connectivity index (χ4v) is 2.13. The lowest BCUT2D eigenvalue weighted by Gasteiger charge is -2.30. The molecule has 0 saturated heterocycles. The predicted octanol–water partition coefficient (Wildman–Crippen LogP) is 3.40. The Morgan fingerprint density at radius 1 is 1.17 bits per heavy atom. The molecule has 0 aliphatic carbocycles. The number of halogens is 1. The maximum absolute atomic E-state index is 11.8. The Labute approximate surface area is 139 Å². The second-order valence-electron chi connectivity index (χ2n) is 6.57. The molecule has 2 aromatic carbocycles. The van der Waals surface area contributed by atoms with Crippen LogP contribution in [0.2, 0.25) is 5.02 Å². The van der Waals surface area contributed by atoms with Gasteiger partial charge in [0.25, 0.3) is 10.9 Å². The third-order valence-corrected chi connectivity index (χ3v) is 4.24. The van der Waals surface area contributed by atoms with E-state index in [1.54, 1.807) is 18.2 Å². The molecular formula is C17H18ClN3O2. The summed E-state index contributed by atoms with van der Waals surface area (Å²) in [6.45, 7) is 8.09. The quantitative estimate of drug-likeness (QED) is 0.839. The van der Waals surface area contributed by atoms with E-state index < -0.39 is 10.9 Å². The van der Waals surface area contributed by atoms with Gasteiger partial charge in [-0.15, -0.1) is 0 Å². The van der Waals surface area contributed by atoms with E-state index in [9.17, 15) is 9.59 Å². The highest BCUT2D eigenvalue weighted by Crippen LogP contribution is 2.28. The zero-order chi connectivity index (χ0) is 17.4. The molecular weight excluding hydrogens is 314 g/mol. The number of nitrogens with one attached hydrogen (secondary N) is 2. The number of hydrogen-bond donors (Lipinski definition) is 2. The van der Waals surface area contributed by atoms with Gasteiger partial charge >= 0.3 is 0 Å². The first-order chi connectivity index (χ1) is 10.6. The standard InChI is InChI=1S/C17H18ClN3O2/c1-9(17(2,3)4)20-13-14(16(23)15(13)22)21-11-6-5-10(8-19)12(18)7-11/h5-7,9,20-21H,1-4H3/t9-/m1/s1. The molecule has 120 valence electrons. The van der Waals surface area contributed by atoms with Crippen LogP contribution in [0.1, 0.15) is 33.3 Å². The third kappa shape index (κ3) is 3.38. The van der Waals surface area contributed by atoms with Gasteiger partial charge in [-0.05, 0) is 30.5 Å². The summed E-state index contributed by atoms with van der Waals surface area (Å²) in [4.78, 5) is 23.6. The molecule has 0 aliphatic rings. The maximum Gasteiger partial charge on any atom is 0.253 e. The molecule has 0 unspecified atom stereocenters. The van der Waals surface area contributed by atoms with Crippen LogP contribution in [0.25, 0.3) is 0 Å². The van der Waals surface area contributed by atoms with Crippen LogP contribution in [0.5, 0.6) is 0 Å². The lowest BCUT2D eigenvalue weighted by atomic mass is 9.87. The van der Waals surface area contributed by atoms with Crippen LogP contribution >= 0.6 is 11.6 Å². The predicted molar refractivity (Wildman–Crippen MR) is 93.3 cm³/mol. The Bertz CT molecular complexity index is 852. The van der Waals surface area contributed by atoms with Gasteiger partial charge in [-0.3, -0.25) is 9.59 Å². The van der Waals surface area contributed by atoms with Crippen LogP contribution < -0.4 is 21.5 Å². The fraction of sp³-hybridized carbons (Fsp3) is 0.353. The molecule has 2 N–H and O–H groups in total. The zero-order valence-electron chi connectivity index (χ0n) is 13.5. The molecule has 2 aromatic rings. The Hall–Kier alpha value is -2.32. The van der Waals surface area contributed by atoms with E-state index in [1.165, 1.54) is 0 Å². The minimum Gasteiger partial charge on any atom is -0.377 e. The van der Waals surface area contributed by atoms with Crippen LogP contribution in [-0.2, 0) is 0 Å². The summed E-state index contributed by atoms with van der Waals surface area (Å²) in [6, 6.07) is 6.72. The van der Waals surface area contributed by atoms with E-state index in [1.807, 2.05) is 33.8 Å². The fourth-order valence-electron chi connectivity index (χ4n) is 1.91. The SMILES string of the molecule is C[C@@H](Nc1c(Nc2ccc(C#N)c(Cl)c2)c(=O)c1=O)C(C)(C)C. The average molecular weight is 332 g/mol. The monoisotopic (exact) mass is 331 g/mol. The van der Waals surface area contributed by atoms with Gasteiger partial charge in [0.15, 0.2) is 0 Å². The number of hydrogen-bond acceptors (Lipinski definition) is 5. The summed E-state index contributed by atoms with van der Waals surface area (Å²) in [5.41, 5.74) is 0.270. The van der Waals surface area contributed by atoms with Gasteiger partial charge in [-0.25, -0.2) is 0 Å². The van der Waals surface area contributed by atoms with Crippen molar-refractivity contribution in [3.63, 3.8) is 0 Å². The van der Waals surface area contributed by atoms with Crippen LogP contribution in [-0.4, -0.2) is 6.04 Å². The van der Waals surface area contributed by atoms with Crippen molar-refractivity contribution in [2.75, 3.05) is 10.6 Å². The number of rotatable bonds is 4. The van der Waals surface area contributed by atoms with Crippen molar-refractivity contribution < 1.29 is 0 Å². The van der Waals surface area contributed by atoms with Gasteiger partial charge < -0.3 is 10.6 Å². The Morgan fingerprint density at radius 3 is 2.30 bits per heavy atom. The molecule has 0 aromatic heterocycles. The van der Waals surface area contributed by atoms with Gasteiger partial charge in [0, 0.05) is 11.7 Å². The first kappa shape index (κ1) is 17.0. The molecule has 0 aliphatic heterocycles. The number of anilines is 3. The highest BCUT2D eigenvalue weighted by Gasteiger charge is 2.27. The molecule has 0 fully saturated rings. The molecule has 0 heterocycles. The van der Waals surface area contributed by atoms with Crippen LogP contribution in [0.15, 0.2) is 27.8 Å². The molecule has 6 heteroatoms. The lowest BCUT2D eigenvalue weighted by Crippen LogP contribution is -2.41. The Balaban J connectivity index is 2.27. The van der Waals surface area contributed by atoms with Crippen molar-refractivity contribution in [1.29, 1.82) is 5.26 Å². The van der Waals surface area contributed by atoms with E-state index in [0.717, 1.165) is 0 Å². The Kier molecular flexibility index (Phi) is 4.49. The van der Waals surface area contributed by atoms with Gasteiger partial charge in [0.2, 0.25) is 0 Å². The maximum atomic E-state index is 11.8. The summed E-state index contributed by atoms with van der Waals surface area (Å²) in [7, 11) is 0.